The van der Waals surface area contributed by atoms with Gasteiger partial charge in [0.15, 0.2) is 0 Å². The van der Waals surface area contributed by atoms with E-state index in [1.807, 2.05) is 18.2 Å². The molecule has 1 N–H and O–H groups in total. The summed E-state index contributed by atoms with van der Waals surface area (Å²) in [5, 5.41) is 3.32. The van der Waals surface area contributed by atoms with Gasteiger partial charge in [0.1, 0.15) is 17.8 Å². The molecule has 0 fully saturated rings. The minimum absolute atomic E-state index is 0.551. The Morgan fingerprint density at radius 3 is 2.53 bits per heavy atom. The quantitative estimate of drug-likeness (QED) is 0.659. The highest BCUT2D eigenvalue weighted by molar-refractivity contribution is 5.47. The Morgan fingerprint density at radius 1 is 0.967 bits per heavy atom. The Morgan fingerprint density at radius 2 is 1.80 bits per heavy atom. The Labute approximate surface area is 173 Å². The van der Waals surface area contributed by atoms with Gasteiger partial charge in [0.25, 0.3) is 0 Å². The molecule has 2 aromatic heterocycles. The molecule has 0 bridgehead atoms. The van der Waals surface area contributed by atoms with Crippen molar-refractivity contribution >= 4 is 5.82 Å². The van der Waals surface area contributed by atoms with Gasteiger partial charge in [-0.2, -0.15) is 13.2 Å². The Hall–Kier alpha value is -3.00. The van der Waals surface area contributed by atoms with Crippen LogP contribution in [0.1, 0.15) is 28.1 Å². The molecule has 1 aromatic carbocycles. The SMILES string of the molecule is FC(F)(F)c1ccc(CCNc2ncnc3c2CN(Cc2ccccc2)CC3)cn1. The van der Waals surface area contributed by atoms with E-state index in [9.17, 15) is 13.2 Å². The molecule has 1 aliphatic rings. The number of halogens is 3. The average Bonchev–Trinajstić information content (AvgIpc) is 2.74. The molecule has 8 heteroatoms. The van der Waals surface area contributed by atoms with Crippen molar-refractivity contribution in [3.63, 3.8) is 0 Å². The lowest BCUT2D eigenvalue weighted by Crippen LogP contribution is -2.31. The second kappa shape index (κ2) is 8.79. The topological polar surface area (TPSA) is 53.9 Å². The first-order valence-corrected chi connectivity index (χ1v) is 9.84. The standard InChI is InChI=1S/C22H22F3N5/c23-22(24,25)20-7-6-16(12-27-20)8-10-26-21-18-14-30(11-9-19(18)28-15-29-21)13-17-4-2-1-3-5-17/h1-7,12,15H,8-11,13-14H2,(H,26,28,29). The van der Waals surface area contributed by atoms with Gasteiger partial charge in [-0.1, -0.05) is 36.4 Å². The van der Waals surface area contributed by atoms with Gasteiger partial charge in [-0.25, -0.2) is 9.97 Å². The molecular weight excluding hydrogens is 391 g/mol. The summed E-state index contributed by atoms with van der Waals surface area (Å²) in [4.78, 5) is 14.7. The maximum atomic E-state index is 12.6. The van der Waals surface area contributed by atoms with Crippen LogP contribution in [0.25, 0.3) is 0 Å². The van der Waals surface area contributed by atoms with E-state index in [1.165, 1.54) is 17.8 Å². The number of hydrogen-bond acceptors (Lipinski definition) is 5. The zero-order valence-electron chi connectivity index (χ0n) is 16.4. The van der Waals surface area contributed by atoms with Crippen LogP contribution in [0, 0.1) is 0 Å². The lowest BCUT2D eigenvalue weighted by molar-refractivity contribution is -0.141. The molecule has 0 saturated carbocycles. The van der Waals surface area contributed by atoms with Gasteiger partial charge in [0.05, 0.1) is 5.69 Å². The molecule has 30 heavy (non-hydrogen) atoms. The lowest BCUT2D eigenvalue weighted by atomic mass is 10.0. The zero-order valence-corrected chi connectivity index (χ0v) is 16.4. The molecule has 0 spiro atoms. The third-order valence-corrected chi connectivity index (χ3v) is 5.15. The predicted octanol–water partition coefficient (Wildman–Crippen LogP) is 4.10. The first-order chi connectivity index (χ1) is 14.5. The highest BCUT2D eigenvalue weighted by atomic mass is 19.4. The molecule has 1 aliphatic heterocycles. The maximum Gasteiger partial charge on any atom is 0.433 e. The fourth-order valence-corrected chi connectivity index (χ4v) is 3.59. The fraction of sp³-hybridized carbons (Fsp3) is 0.318. The summed E-state index contributed by atoms with van der Waals surface area (Å²) >= 11 is 0. The third-order valence-electron chi connectivity index (χ3n) is 5.15. The van der Waals surface area contributed by atoms with E-state index < -0.39 is 11.9 Å². The molecule has 156 valence electrons. The first-order valence-electron chi connectivity index (χ1n) is 9.84. The van der Waals surface area contributed by atoms with Gasteiger partial charge in [-0.3, -0.25) is 9.88 Å². The second-order valence-corrected chi connectivity index (χ2v) is 7.32. The van der Waals surface area contributed by atoms with Crippen LogP contribution in [0.2, 0.25) is 0 Å². The van der Waals surface area contributed by atoms with Crippen molar-refractivity contribution < 1.29 is 13.2 Å². The number of nitrogens with one attached hydrogen (secondary N) is 1. The average molecular weight is 413 g/mol. The molecule has 5 nitrogen and oxygen atoms in total. The van der Waals surface area contributed by atoms with Crippen LogP contribution in [0.5, 0.6) is 0 Å². The minimum atomic E-state index is -4.41. The molecule has 0 atom stereocenters. The number of hydrogen-bond donors (Lipinski definition) is 1. The van der Waals surface area contributed by atoms with E-state index in [1.54, 1.807) is 6.33 Å². The van der Waals surface area contributed by atoms with E-state index in [0.29, 0.717) is 13.0 Å². The number of pyridine rings is 1. The van der Waals surface area contributed by atoms with Crippen molar-refractivity contribution in [1.82, 2.24) is 19.9 Å². The second-order valence-electron chi connectivity index (χ2n) is 7.32. The molecule has 3 heterocycles. The lowest BCUT2D eigenvalue weighted by Gasteiger charge is -2.29. The first kappa shape index (κ1) is 20.3. The Balaban J connectivity index is 1.38. The van der Waals surface area contributed by atoms with Crippen molar-refractivity contribution in [3.8, 4) is 0 Å². The number of aromatic nitrogens is 3. The molecule has 0 unspecified atom stereocenters. The van der Waals surface area contributed by atoms with E-state index >= 15 is 0 Å². The van der Waals surface area contributed by atoms with E-state index in [2.05, 4.69) is 37.3 Å². The fourth-order valence-electron chi connectivity index (χ4n) is 3.59. The van der Waals surface area contributed by atoms with Crippen LogP contribution in [-0.4, -0.2) is 32.9 Å². The molecular formula is C22H22F3N5. The summed E-state index contributed by atoms with van der Waals surface area (Å²) < 4.78 is 37.9. The highest BCUT2D eigenvalue weighted by Crippen LogP contribution is 2.27. The molecule has 0 amide bonds. The smallest absolute Gasteiger partial charge is 0.369 e. The number of rotatable bonds is 6. The largest absolute Gasteiger partial charge is 0.433 e. The molecule has 3 aromatic rings. The van der Waals surface area contributed by atoms with E-state index in [4.69, 9.17) is 0 Å². The van der Waals surface area contributed by atoms with Crippen molar-refractivity contribution in [1.29, 1.82) is 0 Å². The van der Waals surface area contributed by atoms with Gasteiger partial charge in [-0.15, -0.1) is 0 Å². The number of fused-ring (bicyclic) bond motifs is 1. The summed E-state index contributed by atoms with van der Waals surface area (Å²) in [6, 6.07) is 12.8. The highest BCUT2D eigenvalue weighted by Gasteiger charge is 2.32. The Bertz CT molecular complexity index is 974. The van der Waals surface area contributed by atoms with E-state index in [-0.39, 0.29) is 0 Å². The third kappa shape index (κ3) is 4.94. The van der Waals surface area contributed by atoms with Crippen molar-refractivity contribution in [2.24, 2.45) is 0 Å². The van der Waals surface area contributed by atoms with Crippen LogP contribution in [-0.2, 0) is 32.1 Å². The van der Waals surface area contributed by atoms with Crippen molar-refractivity contribution in [2.75, 3.05) is 18.4 Å². The molecule has 4 rings (SSSR count). The zero-order chi connectivity index (χ0) is 21.0. The molecule has 0 radical (unpaired) electrons. The summed E-state index contributed by atoms with van der Waals surface area (Å²) in [6.45, 7) is 3.12. The number of anilines is 1. The summed E-state index contributed by atoms with van der Waals surface area (Å²) in [5.41, 5.74) is 3.27. The van der Waals surface area contributed by atoms with Crippen molar-refractivity contribution in [3.05, 3.63) is 83.1 Å². The van der Waals surface area contributed by atoms with Crippen LogP contribution < -0.4 is 5.32 Å². The van der Waals surface area contributed by atoms with Crippen LogP contribution in [0.15, 0.2) is 55.0 Å². The van der Waals surface area contributed by atoms with Gasteiger partial charge >= 0.3 is 6.18 Å². The van der Waals surface area contributed by atoms with Crippen molar-refractivity contribution in [2.45, 2.75) is 32.1 Å². The number of nitrogens with zero attached hydrogens (tertiary/aromatic N) is 4. The van der Waals surface area contributed by atoms with Gasteiger partial charge < -0.3 is 5.32 Å². The normalized spacial score (nSPS) is 14.4. The van der Waals surface area contributed by atoms with Crippen LogP contribution in [0.3, 0.4) is 0 Å². The van der Waals surface area contributed by atoms with Gasteiger partial charge in [-0.05, 0) is 23.6 Å². The number of alkyl halides is 3. The predicted molar refractivity (Wildman–Crippen MR) is 108 cm³/mol. The summed E-state index contributed by atoms with van der Waals surface area (Å²) in [5.74, 6) is 0.789. The summed E-state index contributed by atoms with van der Waals surface area (Å²) in [6.07, 6.45) is -0.155. The number of benzene rings is 1. The van der Waals surface area contributed by atoms with Gasteiger partial charge in [0, 0.05) is 44.4 Å². The monoisotopic (exact) mass is 413 g/mol. The molecule has 0 aliphatic carbocycles. The minimum Gasteiger partial charge on any atom is -0.369 e. The molecule has 0 saturated heterocycles. The van der Waals surface area contributed by atoms with Crippen LogP contribution in [0.4, 0.5) is 19.0 Å². The van der Waals surface area contributed by atoms with Gasteiger partial charge in [0.2, 0.25) is 0 Å². The summed E-state index contributed by atoms with van der Waals surface area (Å²) in [7, 11) is 0. The van der Waals surface area contributed by atoms with E-state index in [0.717, 1.165) is 54.8 Å². The maximum absolute atomic E-state index is 12.6. The van der Waals surface area contributed by atoms with Crippen LogP contribution >= 0.6 is 0 Å². The Kier molecular flexibility index (Phi) is 5.94.